The Morgan fingerprint density at radius 3 is 0.848 bits per heavy atom. The van der Waals surface area contributed by atoms with Gasteiger partial charge in [0.05, 0.1) is 99.1 Å². The number of hydrogen-bond acceptors (Lipinski definition) is 18. The van der Waals surface area contributed by atoms with E-state index in [4.69, 9.17) is 86.7 Å². The van der Waals surface area contributed by atoms with Crippen molar-refractivity contribution in [3.05, 3.63) is 77.9 Å². The van der Waals surface area contributed by atoms with Gasteiger partial charge in [0.2, 0.25) is 0 Å². The molecule has 0 aliphatic carbocycles. The molecule has 2 aliphatic rings. The second-order valence-electron chi connectivity index (χ2n) is 27.8. The number of aromatic amines is 2. The number of ether oxygens (including phenoxy) is 12. The van der Waals surface area contributed by atoms with Gasteiger partial charge in [0.1, 0.15) is 59.7 Å². The predicted octanol–water partition coefficient (Wildman–Crippen LogP) is 19.1. The molecule has 0 atom stereocenters. The van der Waals surface area contributed by atoms with E-state index in [9.17, 15) is 0 Å². The molecule has 0 amide bonds. The van der Waals surface area contributed by atoms with E-state index in [0.717, 1.165) is 69.5 Å². The number of H-pyrrole nitrogens is 2. The van der Waals surface area contributed by atoms with Crippen LogP contribution in [0.5, 0.6) is 17.2 Å². The molecular formula is C85H124N8O12. The normalized spacial score (nSPS) is 11.9. The minimum absolute atomic E-state index is 0.326. The number of nitrogens with zero attached hydrogens (tertiary/aromatic N) is 6. The van der Waals surface area contributed by atoms with Gasteiger partial charge < -0.3 is 66.8 Å². The monoisotopic (exact) mass is 1450 g/mol. The second-order valence-corrected chi connectivity index (χ2v) is 27.8. The van der Waals surface area contributed by atoms with E-state index in [2.05, 4.69) is 35.9 Å². The Balaban J connectivity index is 1.08. The number of fused-ring (bicyclic) bond motifs is 20. The lowest BCUT2D eigenvalue weighted by molar-refractivity contribution is 0.0180. The molecule has 0 unspecified atom stereocenters. The van der Waals surface area contributed by atoms with Gasteiger partial charge in [-0.05, 0) is 104 Å². The first-order chi connectivity index (χ1) is 52.0. The van der Waals surface area contributed by atoms with Crippen LogP contribution in [-0.4, -0.2) is 180 Å². The fourth-order valence-corrected chi connectivity index (χ4v) is 13.7. The molecule has 20 heteroatoms. The summed E-state index contributed by atoms with van der Waals surface area (Å²) < 4.78 is 69.0. The van der Waals surface area contributed by atoms with Crippen molar-refractivity contribution in [1.82, 2.24) is 39.9 Å². The standard InChI is InChI=1S/C85H124N8O12/c1-6-8-10-12-14-16-18-20-22-24-26-28-30-32-34-65-60-73-74(61-66(65)35-33-31-29-27-25-23-21-19-17-15-13-11-9-7-2)82-91-81(73)92-84-76-63-68(104-58-55-101-52-49-98-46-43-95-4)37-40-71(76)79(88-84)86-78-70-39-36-67(103-57-54-100-51-48-97-45-42-94-3)62-75(70)83(87-78)89-80-72-41-38-69(64-77(72)85(90-80)93-82)105-59-56-102-53-50-99-47-44-96-5/h36-41,60-64H,6-35,42-59H2,1-5H3,(H2,86,87,88,89,90,91,92,93). The van der Waals surface area contributed by atoms with Crippen LogP contribution < -0.4 is 14.2 Å². The lowest BCUT2D eigenvalue weighted by atomic mass is 9.94. The summed E-state index contributed by atoms with van der Waals surface area (Å²) in [6, 6.07) is 22.7. The van der Waals surface area contributed by atoms with Crippen LogP contribution in [0.4, 0.5) is 0 Å². The highest BCUT2D eigenvalue weighted by atomic mass is 16.6. The van der Waals surface area contributed by atoms with Gasteiger partial charge in [-0.15, -0.1) is 0 Å². The largest absolute Gasteiger partial charge is 0.491 e. The van der Waals surface area contributed by atoms with Gasteiger partial charge in [-0.25, -0.2) is 29.9 Å². The van der Waals surface area contributed by atoms with E-state index in [1.54, 1.807) is 21.3 Å². The summed E-state index contributed by atoms with van der Waals surface area (Å²) in [5, 5.41) is 3.52. The number of rotatable bonds is 60. The van der Waals surface area contributed by atoms with Gasteiger partial charge in [0.15, 0.2) is 23.3 Å². The maximum atomic E-state index is 6.41. The number of unbranched alkanes of at least 4 members (excludes halogenated alkanes) is 26. The summed E-state index contributed by atoms with van der Waals surface area (Å²) in [7, 11) is 4.98. The number of methoxy groups -OCH3 is 3. The van der Waals surface area contributed by atoms with Crippen LogP contribution in [0.1, 0.15) is 205 Å². The molecule has 0 saturated heterocycles. The van der Waals surface area contributed by atoms with Crippen molar-refractivity contribution in [3.8, 4) is 62.8 Å². The Morgan fingerprint density at radius 1 is 0.248 bits per heavy atom. The quantitative estimate of drug-likeness (QED) is 0.0338. The molecule has 0 spiro atoms. The minimum Gasteiger partial charge on any atom is -0.491 e. The molecule has 9 rings (SSSR count). The molecule has 5 heterocycles. The van der Waals surface area contributed by atoms with E-state index in [0.29, 0.717) is 182 Å². The lowest BCUT2D eigenvalue weighted by Gasteiger charge is -2.11. The van der Waals surface area contributed by atoms with Crippen molar-refractivity contribution in [1.29, 1.82) is 0 Å². The van der Waals surface area contributed by atoms with Crippen molar-refractivity contribution < 1.29 is 56.8 Å². The van der Waals surface area contributed by atoms with E-state index >= 15 is 0 Å². The molecule has 2 aliphatic heterocycles. The molecule has 0 fully saturated rings. The SMILES string of the molecule is CCCCCCCCCCCCCCCCc1cc2c3nc4nc(nc5[nH]c(nc6nc(nc([nH]3)c2cc1CCCCCCCCCCCCCCCC)-c1cc(OCCOCCOCCOC)ccc1-6)c1cc(OCCOCCOCCOC)ccc51)-c1ccc(OCCOCCOCCOC)cc1-4. The number of aryl methyl sites for hydroxylation is 2. The third-order valence-corrected chi connectivity index (χ3v) is 19.6. The Bertz CT molecular complexity index is 3770. The summed E-state index contributed by atoms with van der Waals surface area (Å²) in [4.78, 5) is 40.0. The van der Waals surface area contributed by atoms with Crippen LogP contribution in [0.3, 0.4) is 0 Å². The Morgan fingerprint density at radius 2 is 0.514 bits per heavy atom. The van der Waals surface area contributed by atoms with E-state index in [1.807, 2.05) is 54.6 Å². The van der Waals surface area contributed by atoms with Crippen LogP contribution in [0, 0.1) is 0 Å². The van der Waals surface area contributed by atoms with Crippen molar-refractivity contribution in [3.63, 3.8) is 0 Å². The molecular weight excluding hydrogens is 1320 g/mol. The van der Waals surface area contributed by atoms with Gasteiger partial charge in [-0.3, -0.25) is 0 Å². The third kappa shape index (κ3) is 28.1. The molecule has 105 heavy (non-hydrogen) atoms. The summed E-state index contributed by atoms with van der Waals surface area (Å²) in [6.45, 7) is 12.6. The van der Waals surface area contributed by atoms with Gasteiger partial charge in [0, 0.05) is 65.1 Å². The predicted molar refractivity (Wildman–Crippen MR) is 421 cm³/mol. The highest BCUT2D eigenvalue weighted by molar-refractivity contribution is 6.07. The molecule has 576 valence electrons. The Kier molecular flexibility index (Phi) is 38.6. The summed E-state index contributed by atoms with van der Waals surface area (Å²) >= 11 is 0. The molecule has 8 bridgehead atoms. The van der Waals surface area contributed by atoms with Crippen molar-refractivity contribution in [2.24, 2.45) is 0 Å². The first-order valence-corrected chi connectivity index (χ1v) is 40.2. The zero-order valence-corrected chi connectivity index (χ0v) is 64.4. The van der Waals surface area contributed by atoms with Crippen molar-refractivity contribution in [2.75, 3.05) is 140 Å². The van der Waals surface area contributed by atoms with E-state index < -0.39 is 0 Å². The molecule has 4 aromatic carbocycles. The zero-order chi connectivity index (χ0) is 73.0. The highest BCUT2D eigenvalue weighted by Crippen LogP contribution is 2.41. The molecule has 7 aromatic rings. The third-order valence-electron chi connectivity index (χ3n) is 19.6. The fourth-order valence-electron chi connectivity index (χ4n) is 13.7. The highest BCUT2D eigenvalue weighted by Gasteiger charge is 2.25. The van der Waals surface area contributed by atoms with Gasteiger partial charge in [0.25, 0.3) is 0 Å². The van der Waals surface area contributed by atoms with Crippen LogP contribution >= 0.6 is 0 Å². The van der Waals surface area contributed by atoms with Crippen LogP contribution in [-0.2, 0) is 55.5 Å². The molecule has 3 aromatic heterocycles. The van der Waals surface area contributed by atoms with E-state index in [-0.39, 0.29) is 0 Å². The van der Waals surface area contributed by atoms with Crippen molar-refractivity contribution >= 4 is 44.1 Å². The molecule has 0 saturated carbocycles. The molecule has 20 nitrogen and oxygen atoms in total. The topological polar surface area (TPSA) is 220 Å². The Labute approximate surface area is 625 Å². The average Bonchev–Trinajstić information content (AvgIpc) is 1.61. The number of aromatic nitrogens is 8. The first-order valence-electron chi connectivity index (χ1n) is 40.2. The zero-order valence-electron chi connectivity index (χ0n) is 64.4. The van der Waals surface area contributed by atoms with Gasteiger partial charge in [-0.1, -0.05) is 181 Å². The van der Waals surface area contributed by atoms with Crippen LogP contribution in [0.15, 0.2) is 66.7 Å². The maximum absolute atomic E-state index is 6.41. The summed E-state index contributed by atoms with van der Waals surface area (Å²) in [5.74, 6) is 3.88. The Hall–Kier alpha value is -6.72. The number of nitrogens with one attached hydrogen (secondary N) is 2. The summed E-state index contributed by atoms with van der Waals surface area (Å²) in [6.07, 6.45) is 39.0. The van der Waals surface area contributed by atoms with Crippen LogP contribution in [0.2, 0.25) is 0 Å². The summed E-state index contributed by atoms with van der Waals surface area (Å²) in [5.41, 5.74) is 8.28. The smallest absolute Gasteiger partial charge is 0.164 e. The molecule has 2 N–H and O–H groups in total. The second kappa shape index (κ2) is 49.3. The van der Waals surface area contributed by atoms with Crippen molar-refractivity contribution in [2.45, 2.75) is 206 Å². The first kappa shape index (κ1) is 82.3. The van der Waals surface area contributed by atoms with Crippen LogP contribution in [0.25, 0.3) is 89.7 Å². The number of hydrogen-bond donors (Lipinski definition) is 2. The van der Waals surface area contributed by atoms with Gasteiger partial charge >= 0.3 is 0 Å². The average molecular weight is 1450 g/mol. The lowest BCUT2D eigenvalue weighted by Crippen LogP contribution is -2.12. The van der Waals surface area contributed by atoms with E-state index in [1.165, 1.54) is 178 Å². The minimum atomic E-state index is 0.326. The fraction of sp³-hybridized carbons (Fsp3) is 0.624. The molecule has 0 radical (unpaired) electrons. The van der Waals surface area contributed by atoms with Gasteiger partial charge in [-0.2, -0.15) is 0 Å². The number of benzene rings is 4. The maximum Gasteiger partial charge on any atom is 0.164 e.